The van der Waals surface area contributed by atoms with Crippen molar-refractivity contribution in [2.24, 2.45) is 4.99 Å². The predicted octanol–water partition coefficient (Wildman–Crippen LogP) is 5.83. The summed E-state index contributed by atoms with van der Waals surface area (Å²) >= 11 is 14.2. The number of methoxy groups -OCH3 is 2. The Labute approximate surface area is 193 Å². The van der Waals surface area contributed by atoms with Gasteiger partial charge in [0.1, 0.15) is 0 Å². The maximum absolute atomic E-state index is 12.3. The van der Waals surface area contributed by atoms with E-state index in [0.717, 1.165) is 4.91 Å². The number of benzene rings is 2. The molecule has 2 aliphatic heterocycles. The molecule has 4 rings (SSSR count). The lowest BCUT2D eigenvalue weighted by molar-refractivity contribution is -0.133. The lowest BCUT2D eigenvalue weighted by Crippen LogP contribution is -2.33. The molecule has 1 atom stereocenters. The number of aliphatic imine (C=N–C) groups is 1. The number of carboxylic acids is 1. The fourth-order valence-corrected chi connectivity index (χ4v) is 5.56. The number of halogens is 2. The highest BCUT2D eigenvalue weighted by Gasteiger charge is 2.41. The first-order valence-electron chi connectivity index (χ1n) is 9.23. The summed E-state index contributed by atoms with van der Waals surface area (Å²) in [5.74, 6) is -0.0834. The van der Waals surface area contributed by atoms with Gasteiger partial charge in [-0.1, -0.05) is 41.4 Å². The number of hydrogen-bond donors (Lipinski definition) is 1. The smallest absolute Gasteiger partial charge is 0.335 e. The van der Waals surface area contributed by atoms with E-state index in [4.69, 9.17) is 32.7 Å². The summed E-state index contributed by atoms with van der Waals surface area (Å²) in [4.78, 5) is 19.4. The Hall–Kier alpha value is -2.61. The van der Waals surface area contributed by atoms with Crippen molar-refractivity contribution in [1.82, 2.24) is 4.90 Å². The lowest BCUT2D eigenvalue weighted by Gasteiger charge is -2.33. The monoisotopic (exact) mass is 476 g/mol. The Morgan fingerprint density at radius 1 is 1.13 bits per heavy atom. The first kappa shape index (κ1) is 21.6. The van der Waals surface area contributed by atoms with Gasteiger partial charge in [-0.25, -0.2) is 9.79 Å². The van der Waals surface area contributed by atoms with Crippen molar-refractivity contribution < 1.29 is 19.4 Å². The minimum atomic E-state index is -1.06. The fourth-order valence-electron chi connectivity index (χ4n) is 3.72. The van der Waals surface area contributed by atoms with Gasteiger partial charge in [0.05, 0.1) is 41.6 Å². The standard InChI is InChI=1S/C22H18Cl2N2O4S/c1-11-17(21(27)28)19(12-6-4-9-15(29-2)20(12)30-3)26-10-16(31-22(26)25-11)18-13(23)7-5-8-14(18)24/h4-10,19H,1-3H3,(H,27,28). The zero-order valence-corrected chi connectivity index (χ0v) is 19.2. The number of rotatable bonds is 5. The largest absolute Gasteiger partial charge is 0.493 e. The Bertz CT molecular complexity index is 1160. The van der Waals surface area contributed by atoms with E-state index in [-0.39, 0.29) is 5.57 Å². The number of fused-ring (bicyclic) bond motifs is 1. The number of para-hydroxylation sites is 1. The summed E-state index contributed by atoms with van der Waals surface area (Å²) in [5.41, 5.74) is 1.90. The van der Waals surface area contributed by atoms with Gasteiger partial charge >= 0.3 is 5.97 Å². The van der Waals surface area contributed by atoms with Crippen LogP contribution in [0.1, 0.15) is 24.1 Å². The van der Waals surface area contributed by atoms with E-state index >= 15 is 0 Å². The Morgan fingerprint density at radius 3 is 2.42 bits per heavy atom. The highest BCUT2D eigenvalue weighted by atomic mass is 35.5. The highest BCUT2D eigenvalue weighted by Crippen LogP contribution is 2.50. The molecule has 0 aliphatic carbocycles. The number of thioether (sulfide) groups is 1. The first-order valence-corrected chi connectivity index (χ1v) is 10.8. The van der Waals surface area contributed by atoms with Gasteiger partial charge in [-0.2, -0.15) is 0 Å². The van der Waals surface area contributed by atoms with Crippen LogP contribution in [-0.4, -0.2) is 35.4 Å². The van der Waals surface area contributed by atoms with Crippen molar-refractivity contribution in [1.29, 1.82) is 0 Å². The Balaban J connectivity index is 1.92. The molecule has 0 saturated heterocycles. The normalized spacial score (nSPS) is 17.8. The van der Waals surface area contributed by atoms with Gasteiger partial charge in [0.15, 0.2) is 16.7 Å². The molecule has 1 unspecified atom stereocenters. The zero-order chi connectivity index (χ0) is 22.3. The summed E-state index contributed by atoms with van der Waals surface area (Å²) in [6.07, 6.45) is 1.83. The molecule has 0 saturated carbocycles. The number of carboxylic acid groups (broad SMARTS) is 1. The van der Waals surface area contributed by atoms with Crippen molar-refractivity contribution in [3.63, 3.8) is 0 Å². The summed E-state index contributed by atoms with van der Waals surface area (Å²) < 4.78 is 11.0. The topological polar surface area (TPSA) is 71.4 Å². The van der Waals surface area contributed by atoms with Gasteiger partial charge < -0.3 is 19.5 Å². The third-order valence-electron chi connectivity index (χ3n) is 5.05. The molecule has 160 valence electrons. The van der Waals surface area contributed by atoms with Gasteiger partial charge in [-0.3, -0.25) is 0 Å². The van der Waals surface area contributed by atoms with Crippen molar-refractivity contribution >= 4 is 51.0 Å². The van der Waals surface area contributed by atoms with Crippen LogP contribution in [0.4, 0.5) is 0 Å². The number of nitrogens with zero attached hydrogens (tertiary/aromatic N) is 2. The molecular formula is C22H18Cl2N2O4S. The average Bonchev–Trinajstić information content (AvgIpc) is 3.14. The van der Waals surface area contributed by atoms with Crippen molar-refractivity contribution in [3.05, 3.63) is 75.0 Å². The van der Waals surface area contributed by atoms with Crippen molar-refractivity contribution in [3.8, 4) is 11.5 Å². The molecule has 6 nitrogen and oxygen atoms in total. The predicted molar refractivity (Wildman–Crippen MR) is 124 cm³/mol. The molecule has 0 radical (unpaired) electrons. The second-order valence-electron chi connectivity index (χ2n) is 6.78. The van der Waals surface area contributed by atoms with Crippen LogP contribution in [0, 0.1) is 0 Å². The number of ether oxygens (including phenoxy) is 2. The molecule has 2 heterocycles. The molecule has 2 aromatic rings. The van der Waals surface area contributed by atoms with Crippen LogP contribution in [0.5, 0.6) is 11.5 Å². The van der Waals surface area contributed by atoms with Crippen molar-refractivity contribution in [2.75, 3.05) is 14.2 Å². The molecule has 1 N–H and O–H groups in total. The van der Waals surface area contributed by atoms with E-state index in [0.29, 0.717) is 43.5 Å². The molecule has 31 heavy (non-hydrogen) atoms. The number of allylic oxidation sites excluding steroid dienone is 1. The maximum Gasteiger partial charge on any atom is 0.335 e. The van der Waals surface area contributed by atoms with Gasteiger partial charge in [0.2, 0.25) is 0 Å². The number of amidine groups is 1. The minimum absolute atomic E-state index is 0.152. The number of carbonyl (C=O) groups is 1. The number of aliphatic carboxylic acids is 1. The van der Waals surface area contributed by atoms with Crippen LogP contribution in [0.3, 0.4) is 0 Å². The zero-order valence-electron chi connectivity index (χ0n) is 16.8. The molecular weight excluding hydrogens is 459 g/mol. The summed E-state index contributed by atoms with van der Waals surface area (Å²) in [6, 6.07) is 10.0. The van der Waals surface area contributed by atoms with Gasteiger partial charge in [0, 0.05) is 22.2 Å². The molecule has 2 aromatic carbocycles. The second kappa shape index (κ2) is 8.49. The average molecular weight is 477 g/mol. The minimum Gasteiger partial charge on any atom is -0.493 e. The molecule has 2 aliphatic rings. The van der Waals surface area contributed by atoms with Crippen LogP contribution in [0.2, 0.25) is 10.0 Å². The van der Waals surface area contributed by atoms with E-state index in [9.17, 15) is 9.90 Å². The van der Waals surface area contributed by atoms with Crippen LogP contribution in [-0.2, 0) is 4.79 Å². The quantitative estimate of drug-likeness (QED) is 0.585. The third kappa shape index (κ3) is 3.67. The van der Waals surface area contributed by atoms with E-state index in [1.54, 1.807) is 37.3 Å². The van der Waals surface area contributed by atoms with Crippen LogP contribution < -0.4 is 9.47 Å². The molecule has 0 amide bonds. The second-order valence-corrected chi connectivity index (χ2v) is 8.61. The lowest BCUT2D eigenvalue weighted by atomic mass is 9.93. The van der Waals surface area contributed by atoms with E-state index < -0.39 is 12.0 Å². The van der Waals surface area contributed by atoms with Gasteiger partial charge in [-0.05, 0) is 36.9 Å². The van der Waals surface area contributed by atoms with Gasteiger partial charge in [0.25, 0.3) is 0 Å². The molecule has 0 fully saturated rings. The maximum atomic E-state index is 12.3. The van der Waals surface area contributed by atoms with E-state index in [2.05, 4.69) is 4.99 Å². The van der Waals surface area contributed by atoms with Crippen LogP contribution >= 0.6 is 35.0 Å². The summed E-state index contributed by atoms with van der Waals surface area (Å²) in [5, 5.41) is 11.7. The van der Waals surface area contributed by atoms with Gasteiger partial charge in [-0.15, -0.1) is 0 Å². The highest BCUT2D eigenvalue weighted by molar-refractivity contribution is 8.22. The van der Waals surface area contributed by atoms with E-state index in [1.165, 1.54) is 26.0 Å². The third-order valence-corrected chi connectivity index (χ3v) is 6.69. The Kier molecular flexibility index (Phi) is 5.92. The first-order chi connectivity index (χ1) is 14.9. The van der Waals surface area contributed by atoms with Crippen LogP contribution in [0.25, 0.3) is 4.91 Å². The molecule has 9 heteroatoms. The van der Waals surface area contributed by atoms with Crippen LogP contribution in [0.15, 0.2) is 58.9 Å². The SMILES string of the molecule is COc1cccc(C2C(C(=O)O)=C(C)N=C3SC(c4c(Cl)cccc4Cl)=CN32)c1OC. The van der Waals surface area contributed by atoms with E-state index in [1.807, 2.05) is 17.2 Å². The fraction of sp³-hybridized carbons (Fsp3) is 0.182. The van der Waals surface area contributed by atoms with Crippen molar-refractivity contribution in [2.45, 2.75) is 13.0 Å². The molecule has 0 spiro atoms. The summed E-state index contributed by atoms with van der Waals surface area (Å²) in [6.45, 7) is 1.69. The summed E-state index contributed by atoms with van der Waals surface area (Å²) in [7, 11) is 3.07. The molecule has 0 bridgehead atoms. The number of hydrogen-bond acceptors (Lipinski definition) is 6. The molecule has 0 aromatic heterocycles. The Morgan fingerprint density at radius 2 is 1.81 bits per heavy atom.